The minimum Gasteiger partial charge on any atom is -0.265 e. The molecule has 0 aliphatic heterocycles. The van der Waals surface area contributed by atoms with E-state index in [0.717, 1.165) is 32.0 Å². The van der Waals surface area contributed by atoms with E-state index in [-0.39, 0.29) is 12.8 Å². The molecule has 1 radical (unpaired) electrons. The summed E-state index contributed by atoms with van der Waals surface area (Å²) in [5.41, 5.74) is 3.90. The summed E-state index contributed by atoms with van der Waals surface area (Å²) in [6.45, 7) is 3.83. The smallest absolute Gasteiger partial charge is 0.252 e. The first kappa shape index (κ1) is 14.4. The first-order valence-corrected chi connectivity index (χ1v) is 7.78. The predicted molar refractivity (Wildman–Crippen MR) is 82.5 cm³/mol. The van der Waals surface area contributed by atoms with Gasteiger partial charge in [-0.25, -0.2) is 8.78 Å². The van der Waals surface area contributed by atoms with Crippen LogP contribution in [0, 0.1) is 13.0 Å². The Bertz CT molecular complexity index is 686. The quantitative estimate of drug-likeness (QED) is 0.712. The van der Waals surface area contributed by atoms with E-state index >= 15 is 0 Å². The molecule has 0 unspecified atom stereocenters. The molecular formula is C17H16F2NS. The Labute approximate surface area is 127 Å². The second-order valence-electron chi connectivity index (χ2n) is 5.51. The van der Waals surface area contributed by atoms with Crippen molar-refractivity contribution in [3.05, 3.63) is 46.6 Å². The van der Waals surface area contributed by atoms with Gasteiger partial charge in [-0.2, -0.15) is 0 Å². The predicted octanol–water partition coefficient (Wildman–Crippen LogP) is 5.51. The molecule has 2 heterocycles. The Morgan fingerprint density at radius 2 is 1.95 bits per heavy atom. The zero-order valence-corrected chi connectivity index (χ0v) is 12.9. The summed E-state index contributed by atoms with van der Waals surface area (Å²) < 4.78 is 27.0. The van der Waals surface area contributed by atoms with E-state index in [2.05, 4.69) is 11.1 Å². The lowest BCUT2D eigenvalue weighted by molar-refractivity contribution is -0.00909. The molecule has 0 aromatic carbocycles. The van der Waals surface area contributed by atoms with Crippen LogP contribution >= 0.6 is 11.3 Å². The van der Waals surface area contributed by atoms with Crippen molar-refractivity contribution in [2.24, 2.45) is 0 Å². The summed E-state index contributed by atoms with van der Waals surface area (Å²) in [7, 11) is 0. The largest absolute Gasteiger partial charge is 0.265 e. The third-order valence-corrected chi connectivity index (χ3v) is 4.86. The van der Waals surface area contributed by atoms with Crippen LogP contribution in [0.15, 0.2) is 30.1 Å². The molecule has 1 nitrogen and oxygen atoms in total. The number of pyridine rings is 1. The first-order valence-electron chi connectivity index (χ1n) is 6.96. The average Bonchev–Trinajstić information content (AvgIpc) is 2.80. The fraction of sp³-hybridized carbons (Fsp3) is 0.353. The van der Waals surface area contributed by atoms with Crippen LogP contribution in [-0.2, 0) is 0 Å². The molecule has 0 amide bonds. The number of thiophene rings is 1. The Kier molecular flexibility index (Phi) is 3.66. The second-order valence-corrected chi connectivity index (χ2v) is 6.74. The molecule has 0 saturated heterocycles. The Morgan fingerprint density at radius 1 is 1.24 bits per heavy atom. The molecule has 21 heavy (non-hydrogen) atoms. The van der Waals surface area contributed by atoms with Crippen molar-refractivity contribution in [1.82, 2.24) is 4.98 Å². The van der Waals surface area contributed by atoms with Gasteiger partial charge in [-0.3, -0.25) is 4.98 Å². The Hall–Kier alpha value is -1.55. The highest BCUT2D eigenvalue weighted by Gasteiger charge is 2.34. The number of aryl methyl sites for hydroxylation is 1. The Morgan fingerprint density at radius 3 is 2.62 bits per heavy atom. The van der Waals surface area contributed by atoms with Crippen molar-refractivity contribution in [3.63, 3.8) is 0 Å². The standard InChI is InChI=1S/C17H16F2NS/c1-11-10-17(18,19)6-3-14(11)15-9-12(2)21-16(15)13-4-7-20-8-5-13/h4-5,7-8H,3,6,10H2,1-2H3. The molecule has 2 aromatic heterocycles. The van der Waals surface area contributed by atoms with Crippen LogP contribution in [0.3, 0.4) is 0 Å². The summed E-state index contributed by atoms with van der Waals surface area (Å²) in [4.78, 5) is 6.22. The maximum Gasteiger partial charge on any atom is 0.252 e. The molecule has 1 aliphatic rings. The van der Waals surface area contributed by atoms with Crippen LogP contribution in [0.4, 0.5) is 8.78 Å². The van der Waals surface area contributed by atoms with Gasteiger partial charge in [0.25, 0.3) is 5.92 Å². The minimum absolute atomic E-state index is 0.0712. The van der Waals surface area contributed by atoms with Gasteiger partial charge in [-0.15, -0.1) is 11.3 Å². The molecule has 3 rings (SSSR count). The van der Waals surface area contributed by atoms with Crippen LogP contribution in [0.5, 0.6) is 0 Å². The molecule has 2 aromatic rings. The van der Waals surface area contributed by atoms with E-state index in [1.165, 1.54) is 0 Å². The van der Waals surface area contributed by atoms with Crippen LogP contribution in [-0.4, -0.2) is 10.9 Å². The molecule has 0 N–H and O–H groups in total. The van der Waals surface area contributed by atoms with Gasteiger partial charge in [0, 0.05) is 46.6 Å². The maximum atomic E-state index is 13.5. The van der Waals surface area contributed by atoms with E-state index in [0.29, 0.717) is 6.42 Å². The molecule has 0 fully saturated rings. The second kappa shape index (κ2) is 5.34. The summed E-state index contributed by atoms with van der Waals surface area (Å²) in [6.07, 6.45) is 3.72. The van der Waals surface area contributed by atoms with Crippen molar-refractivity contribution in [2.75, 3.05) is 0 Å². The van der Waals surface area contributed by atoms with Gasteiger partial charge in [0.15, 0.2) is 0 Å². The van der Waals surface area contributed by atoms with Gasteiger partial charge in [0.2, 0.25) is 0 Å². The maximum absolute atomic E-state index is 13.5. The van der Waals surface area contributed by atoms with E-state index in [9.17, 15) is 8.78 Å². The van der Waals surface area contributed by atoms with E-state index in [4.69, 9.17) is 0 Å². The van der Waals surface area contributed by atoms with E-state index in [1.807, 2.05) is 26.0 Å². The topological polar surface area (TPSA) is 12.9 Å². The van der Waals surface area contributed by atoms with Gasteiger partial charge >= 0.3 is 0 Å². The van der Waals surface area contributed by atoms with Crippen molar-refractivity contribution >= 4 is 16.9 Å². The number of rotatable bonds is 2. The first-order chi connectivity index (χ1) is 9.96. The highest BCUT2D eigenvalue weighted by Crippen LogP contribution is 2.45. The summed E-state index contributed by atoms with van der Waals surface area (Å²) in [5, 5.41) is 0. The third kappa shape index (κ3) is 2.91. The van der Waals surface area contributed by atoms with Gasteiger partial charge in [0.05, 0.1) is 0 Å². The monoisotopic (exact) mass is 304 g/mol. The highest BCUT2D eigenvalue weighted by atomic mass is 32.1. The molecule has 1 aliphatic carbocycles. The summed E-state index contributed by atoms with van der Waals surface area (Å²) >= 11 is 1.66. The Balaban J connectivity index is 2.08. The van der Waals surface area contributed by atoms with Crippen molar-refractivity contribution in [2.45, 2.75) is 39.0 Å². The average molecular weight is 304 g/mol. The third-order valence-electron chi connectivity index (χ3n) is 3.81. The fourth-order valence-electron chi connectivity index (χ4n) is 2.82. The lowest BCUT2D eigenvalue weighted by atomic mass is 9.85. The number of nitrogens with zero attached hydrogens (tertiary/aromatic N) is 1. The van der Waals surface area contributed by atoms with Gasteiger partial charge in [-0.1, -0.05) is 5.57 Å². The number of hydrogen-bond acceptors (Lipinski definition) is 2. The fourth-order valence-corrected chi connectivity index (χ4v) is 3.81. The zero-order valence-electron chi connectivity index (χ0n) is 12.0. The zero-order chi connectivity index (χ0) is 15.0. The molecular weight excluding hydrogens is 288 g/mol. The number of alkyl halides is 2. The minimum atomic E-state index is -2.56. The van der Waals surface area contributed by atoms with Gasteiger partial charge in [-0.05, 0) is 43.5 Å². The van der Waals surface area contributed by atoms with Crippen molar-refractivity contribution in [1.29, 1.82) is 0 Å². The number of aromatic nitrogens is 1. The molecule has 0 saturated carbocycles. The van der Waals surface area contributed by atoms with E-state index in [1.54, 1.807) is 23.7 Å². The van der Waals surface area contributed by atoms with E-state index < -0.39 is 5.92 Å². The molecule has 0 atom stereocenters. The van der Waals surface area contributed by atoms with Crippen LogP contribution in [0.2, 0.25) is 0 Å². The number of allylic oxidation sites excluding steroid dienone is 2. The normalized spacial score (nSPS) is 18.1. The molecule has 0 spiro atoms. The van der Waals surface area contributed by atoms with Crippen LogP contribution < -0.4 is 0 Å². The summed E-state index contributed by atoms with van der Waals surface area (Å²) in [5.74, 6) is -2.56. The summed E-state index contributed by atoms with van der Waals surface area (Å²) in [6, 6.07) is 7.27. The SMILES string of the molecule is CC1=C(c2[c]c(C)sc2-c2ccncc2)CCC(F)(F)C1. The van der Waals surface area contributed by atoms with Gasteiger partial charge < -0.3 is 0 Å². The lowest BCUT2D eigenvalue weighted by Crippen LogP contribution is -2.20. The molecule has 0 bridgehead atoms. The lowest BCUT2D eigenvalue weighted by Gasteiger charge is -2.25. The number of hydrogen-bond donors (Lipinski definition) is 0. The van der Waals surface area contributed by atoms with Crippen LogP contribution in [0.1, 0.15) is 36.6 Å². The van der Waals surface area contributed by atoms with Crippen molar-refractivity contribution in [3.8, 4) is 10.4 Å². The van der Waals surface area contributed by atoms with Crippen molar-refractivity contribution < 1.29 is 8.78 Å². The highest BCUT2D eigenvalue weighted by molar-refractivity contribution is 7.15. The molecule has 4 heteroatoms. The molecule has 109 valence electrons. The van der Waals surface area contributed by atoms with Gasteiger partial charge in [0.1, 0.15) is 0 Å². The number of halogens is 2. The van der Waals surface area contributed by atoms with Crippen LogP contribution in [0.25, 0.3) is 16.0 Å².